The molecule has 3 aromatic carbocycles. The summed E-state index contributed by atoms with van der Waals surface area (Å²) in [4.78, 5) is 27.6. The maximum Gasteiger partial charge on any atom is 0.416 e. The van der Waals surface area contributed by atoms with Crippen molar-refractivity contribution >= 4 is 36.6 Å². The zero-order chi connectivity index (χ0) is 31.9. The van der Waals surface area contributed by atoms with E-state index in [4.69, 9.17) is 4.74 Å². The number of nitrogens with zero attached hydrogens (tertiary/aromatic N) is 1. The number of esters is 1. The van der Waals surface area contributed by atoms with Gasteiger partial charge in [-0.3, -0.25) is 9.36 Å². The molecule has 4 aromatic rings. The molecule has 9 heteroatoms. The summed E-state index contributed by atoms with van der Waals surface area (Å²) in [5.41, 5.74) is 2.23. The molecule has 0 N–H and O–H groups in total. The van der Waals surface area contributed by atoms with E-state index in [1.165, 1.54) is 28.5 Å². The van der Waals surface area contributed by atoms with Gasteiger partial charge in [0.25, 0.3) is 5.56 Å². The number of thioether (sulfide) groups is 1. The van der Waals surface area contributed by atoms with Crippen LogP contribution in [0, 0.1) is 11.8 Å². The molecule has 1 aliphatic heterocycles. The number of fused-ring (bicyclic) bond motifs is 2. The lowest BCUT2D eigenvalue weighted by atomic mass is 9.95. The van der Waals surface area contributed by atoms with Crippen LogP contribution in [0.1, 0.15) is 52.6 Å². The highest BCUT2D eigenvalue weighted by Crippen LogP contribution is 2.51. The molecule has 0 amide bonds. The normalized spacial score (nSPS) is 17.9. The van der Waals surface area contributed by atoms with E-state index in [0.29, 0.717) is 6.42 Å². The standard InChI is InChI=1S/C36H34F3NO3SSi/c1-45(2,3)19-18-43-35(42)33-30(17-14-23-8-6-12-28(20-23)36(37,38)39)44-34-32(25-15-16-25)27(22-31(41)40(33)34)21-26-11-7-10-24-9-4-5-13-29(24)26/h4-13,20,22,25,30,33H,15-16,18-19,21H2,1-3H3. The Morgan fingerprint density at radius 2 is 1.73 bits per heavy atom. The van der Waals surface area contributed by atoms with E-state index in [2.05, 4.69) is 55.7 Å². The van der Waals surface area contributed by atoms with Crippen LogP contribution >= 0.6 is 11.8 Å². The second kappa shape index (κ2) is 12.2. The summed E-state index contributed by atoms with van der Waals surface area (Å²) in [6.45, 7) is 6.82. The minimum atomic E-state index is -4.49. The van der Waals surface area contributed by atoms with E-state index in [9.17, 15) is 22.8 Å². The van der Waals surface area contributed by atoms with Crippen molar-refractivity contribution in [2.75, 3.05) is 6.61 Å². The lowest BCUT2D eigenvalue weighted by Gasteiger charge is -2.20. The number of halogens is 3. The Balaban J connectivity index is 1.41. The number of rotatable bonds is 7. The van der Waals surface area contributed by atoms with Crippen LogP contribution in [0.5, 0.6) is 0 Å². The van der Waals surface area contributed by atoms with Crippen LogP contribution in [-0.2, 0) is 22.1 Å². The molecule has 0 bridgehead atoms. The summed E-state index contributed by atoms with van der Waals surface area (Å²) in [6, 6.07) is 20.6. The molecule has 0 radical (unpaired) electrons. The SMILES string of the molecule is C[Si](C)(C)CCOC(=O)C1C(C#Cc2cccc(C(F)(F)F)c2)Sc2c(C3CC3)c(Cc3cccc4ccccc34)cc(=O)n21. The smallest absolute Gasteiger partial charge is 0.416 e. The van der Waals surface area contributed by atoms with Gasteiger partial charge in [-0.25, -0.2) is 4.79 Å². The summed E-state index contributed by atoms with van der Waals surface area (Å²) in [5, 5.41) is 2.28. The van der Waals surface area contributed by atoms with Crippen molar-refractivity contribution in [3.63, 3.8) is 0 Å². The zero-order valence-corrected chi connectivity index (χ0v) is 27.2. The summed E-state index contributed by atoms with van der Waals surface area (Å²) < 4.78 is 47.4. The number of hydrogen-bond donors (Lipinski definition) is 0. The minimum Gasteiger partial charge on any atom is -0.464 e. The summed E-state index contributed by atoms with van der Waals surface area (Å²) in [5.74, 6) is 5.67. The fraction of sp³-hybridized carbons (Fsp3) is 0.333. The third-order valence-corrected chi connectivity index (χ3v) is 11.2. The van der Waals surface area contributed by atoms with Crippen LogP contribution in [0.25, 0.3) is 10.8 Å². The number of alkyl halides is 3. The van der Waals surface area contributed by atoms with Gasteiger partial charge in [-0.2, -0.15) is 13.2 Å². The first kappa shape index (κ1) is 31.2. The number of benzene rings is 3. The van der Waals surface area contributed by atoms with Gasteiger partial charge in [-0.15, -0.1) is 0 Å². The molecule has 4 nitrogen and oxygen atoms in total. The third-order valence-electron chi connectivity index (χ3n) is 8.27. The van der Waals surface area contributed by atoms with Crippen molar-refractivity contribution in [2.24, 2.45) is 0 Å². The van der Waals surface area contributed by atoms with Crippen molar-refractivity contribution in [1.82, 2.24) is 4.57 Å². The Morgan fingerprint density at radius 3 is 2.47 bits per heavy atom. The topological polar surface area (TPSA) is 48.3 Å². The quantitative estimate of drug-likeness (QED) is 0.115. The van der Waals surface area contributed by atoms with Crippen molar-refractivity contribution in [3.8, 4) is 11.8 Å². The second-order valence-electron chi connectivity index (χ2n) is 13.0. The molecular formula is C36H34F3NO3SSi. The Labute approximate surface area is 266 Å². The van der Waals surface area contributed by atoms with Gasteiger partial charge in [-0.1, -0.05) is 91.8 Å². The van der Waals surface area contributed by atoms with Crippen LogP contribution in [0.15, 0.2) is 82.6 Å². The predicted octanol–water partition coefficient (Wildman–Crippen LogP) is 8.44. The first-order valence-corrected chi connectivity index (χ1v) is 19.7. The van der Waals surface area contributed by atoms with Crippen LogP contribution in [0.3, 0.4) is 0 Å². The van der Waals surface area contributed by atoms with Crippen molar-refractivity contribution < 1.29 is 22.7 Å². The average Bonchev–Trinajstić information content (AvgIpc) is 3.74. The fourth-order valence-electron chi connectivity index (χ4n) is 5.78. The first-order valence-electron chi connectivity index (χ1n) is 15.2. The molecule has 2 atom stereocenters. The van der Waals surface area contributed by atoms with Gasteiger partial charge >= 0.3 is 12.1 Å². The summed E-state index contributed by atoms with van der Waals surface area (Å²) in [6.07, 6.45) is -1.95. The molecule has 6 rings (SSSR count). The van der Waals surface area contributed by atoms with E-state index in [0.717, 1.165) is 63.5 Å². The Kier molecular flexibility index (Phi) is 8.48. The van der Waals surface area contributed by atoms with E-state index < -0.39 is 37.1 Å². The molecule has 0 saturated heterocycles. The zero-order valence-electron chi connectivity index (χ0n) is 25.4. The first-order chi connectivity index (χ1) is 21.4. The van der Waals surface area contributed by atoms with Gasteiger partial charge in [0.15, 0.2) is 6.04 Å². The van der Waals surface area contributed by atoms with E-state index >= 15 is 0 Å². The van der Waals surface area contributed by atoms with Crippen LogP contribution in [0.2, 0.25) is 25.7 Å². The molecule has 232 valence electrons. The van der Waals surface area contributed by atoms with Crippen molar-refractivity contribution in [3.05, 3.63) is 111 Å². The maximum atomic E-state index is 13.9. The second-order valence-corrected chi connectivity index (χ2v) is 19.7. The number of pyridine rings is 1. The Bertz CT molecular complexity index is 1890. The molecule has 2 heterocycles. The number of ether oxygens (including phenoxy) is 1. The summed E-state index contributed by atoms with van der Waals surface area (Å²) in [7, 11) is -1.49. The Morgan fingerprint density at radius 1 is 1.00 bits per heavy atom. The predicted molar refractivity (Wildman–Crippen MR) is 176 cm³/mol. The number of aromatic nitrogens is 1. The van der Waals surface area contributed by atoms with Gasteiger partial charge in [-0.05, 0) is 76.9 Å². The molecule has 45 heavy (non-hydrogen) atoms. The molecular weight excluding hydrogens is 612 g/mol. The molecule has 1 aromatic heterocycles. The van der Waals surface area contributed by atoms with Gasteiger partial charge in [0.1, 0.15) is 5.25 Å². The molecule has 1 aliphatic carbocycles. The molecule has 1 fully saturated rings. The molecule has 2 unspecified atom stereocenters. The van der Waals surface area contributed by atoms with Gasteiger partial charge < -0.3 is 4.74 Å². The monoisotopic (exact) mass is 645 g/mol. The largest absolute Gasteiger partial charge is 0.464 e. The lowest BCUT2D eigenvalue weighted by molar-refractivity contribution is -0.147. The van der Waals surface area contributed by atoms with E-state index in [-0.39, 0.29) is 23.6 Å². The lowest BCUT2D eigenvalue weighted by Crippen LogP contribution is -2.34. The third kappa shape index (κ3) is 6.92. The van der Waals surface area contributed by atoms with Crippen LogP contribution < -0.4 is 5.56 Å². The van der Waals surface area contributed by atoms with Crippen LogP contribution in [0.4, 0.5) is 13.2 Å². The van der Waals surface area contributed by atoms with E-state index in [1.807, 2.05) is 18.2 Å². The average molecular weight is 646 g/mol. The molecule has 2 aliphatic rings. The van der Waals surface area contributed by atoms with Crippen molar-refractivity contribution in [2.45, 2.75) is 73.4 Å². The summed E-state index contributed by atoms with van der Waals surface area (Å²) >= 11 is 1.35. The number of carbonyl (C=O) groups is 1. The van der Waals surface area contributed by atoms with Crippen LogP contribution in [-0.4, -0.2) is 30.5 Å². The number of carbonyl (C=O) groups excluding carboxylic acids is 1. The maximum absolute atomic E-state index is 13.9. The fourth-order valence-corrected chi connectivity index (χ4v) is 7.96. The number of hydrogen-bond acceptors (Lipinski definition) is 4. The highest BCUT2D eigenvalue weighted by molar-refractivity contribution is 8.00. The Hall–Kier alpha value is -3.74. The van der Waals surface area contributed by atoms with Gasteiger partial charge in [0.05, 0.1) is 17.2 Å². The molecule has 1 saturated carbocycles. The van der Waals surface area contributed by atoms with Gasteiger partial charge in [0, 0.05) is 19.7 Å². The van der Waals surface area contributed by atoms with Gasteiger partial charge in [0.2, 0.25) is 0 Å². The minimum absolute atomic E-state index is 0.193. The van der Waals surface area contributed by atoms with Crippen molar-refractivity contribution in [1.29, 1.82) is 0 Å². The highest BCUT2D eigenvalue weighted by Gasteiger charge is 2.44. The molecule has 0 spiro atoms. The highest BCUT2D eigenvalue weighted by atomic mass is 32.2. The van der Waals surface area contributed by atoms with E-state index in [1.54, 1.807) is 6.07 Å².